The van der Waals surface area contributed by atoms with E-state index in [1.54, 1.807) is 4.52 Å². The molecule has 4 aromatic rings. The van der Waals surface area contributed by atoms with Crippen molar-refractivity contribution < 1.29 is 4.79 Å². The maximum Gasteiger partial charge on any atom is 0.236 e. The Morgan fingerprint density at radius 3 is 2.59 bits per heavy atom. The Bertz CT molecular complexity index is 1430. The van der Waals surface area contributed by atoms with E-state index in [0.717, 1.165) is 53.9 Å². The van der Waals surface area contributed by atoms with Gasteiger partial charge in [-0.3, -0.25) is 9.69 Å². The Morgan fingerprint density at radius 2 is 1.92 bits per heavy atom. The third-order valence-corrected chi connectivity index (χ3v) is 8.04. The Balaban J connectivity index is 1.39. The number of hydrogen-bond donors (Lipinski definition) is 1. The van der Waals surface area contributed by atoms with Crippen LogP contribution in [0, 0.1) is 6.92 Å². The van der Waals surface area contributed by atoms with Crippen LogP contribution >= 0.6 is 0 Å². The minimum Gasteiger partial charge on any atom is -0.354 e. The number of piperidine rings is 1. The number of hydrogen-bond acceptors (Lipinski definition) is 5. The van der Waals surface area contributed by atoms with Gasteiger partial charge in [-0.05, 0) is 105 Å². The number of aryl methyl sites for hydroxylation is 1. The molecule has 1 aliphatic heterocycles. The number of rotatable bonds is 5. The maximum absolute atomic E-state index is 12.9. The van der Waals surface area contributed by atoms with Crippen molar-refractivity contribution in [3.63, 3.8) is 0 Å². The molecule has 1 fully saturated rings. The lowest BCUT2D eigenvalue weighted by Gasteiger charge is -2.36. The van der Waals surface area contributed by atoms with Crippen molar-refractivity contribution in [2.24, 2.45) is 0 Å². The molecule has 0 aliphatic carbocycles. The maximum atomic E-state index is 12.9. The Labute approximate surface area is 219 Å². The van der Waals surface area contributed by atoms with Crippen LogP contribution in [0.15, 0.2) is 30.5 Å². The number of aromatic nitrogens is 5. The third kappa shape index (κ3) is 4.87. The van der Waals surface area contributed by atoms with Crippen molar-refractivity contribution in [1.82, 2.24) is 34.8 Å². The number of likely N-dealkylation sites (tertiary alicyclic amines) is 1. The number of aromatic amines is 1. The van der Waals surface area contributed by atoms with E-state index in [9.17, 15) is 4.79 Å². The highest BCUT2D eigenvalue weighted by Crippen LogP contribution is 2.38. The highest BCUT2D eigenvalue weighted by atomic mass is 16.2. The molecule has 1 aromatic carbocycles. The van der Waals surface area contributed by atoms with Gasteiger partial charge in [0.2, 0.25) is 5.91 Å². The van der Waals surface area contributed by atoms with Crippen molar-refractivity contribution in [1.29, 1.82) is 0 Å². The first-order valence-corrected chi connectivity index (χ1v) is 13.4. The average molecular weight is 502 g/mol. The molecule has 37 heavy (non-hydrogen) atoms. The molecule has 196 valence electrons. The largest absolute Gasteiger partial charge is 0.354 e. The second-order valence-corrected chi connectivity index (χ2v) is 11.9. The Kier molecular flexibility index (Phi) is 6.56. The van der Waals surface area contributed by atoms with E-state index in [1.165, 1.54) is 16.5 Å². The fourth-order valence-electron chi connectivity index (χ4n) is 5.46. The fraction of sp³-hybridized carbons (Fsp3) is 0.517. The number of benzene rings is 1. The highest BCUT2D eigenvalue weighted by molar-refractivity contribution is 5.92. The van der Waals surface area contributed by atoms with Crippen molar-refractivity contribution in [2.75, 3.05) is 26.7 Å². The van der Waals surface area contributed by atoms with Crippen molar-refractivity contribution >= 4 is 22.5 Å². The molecule has 1 saturated heterocycles. The Morgan fingerprint density at radius 1 is 1.19 bits per heavy atom. The zero-order valence-corrected chi connectivity index (χ0v) is 23.2. The number of H-pyrrole nitrogens is 1. The van der Waals surface area contributed by atoms with Gasteiger partial charge < -0.3 is 9.88 Å². The second-order valence-electron chi connectivity index (χ2n) is 11.9. The summed E-state index contributed by atoms with van der Waals surface area (Å²) in [6.07, 6.45) is 4.00. The summed E-state index contributed by atoms with van der Waals surface area (Å²) in [6.45, 7) is 15.1. The SMILES string of the molecule is Cc1cc(-c2[nH]c3ccc(C4CCN(C(=O)CN(C)C(C)(C)C)CC4)cc3c2C(C)C)cn2nnnc12. The predicted octanol–water partition coefficient (Wildman–Crippen LogP) is 5.14. The van der Waals surface area contributed by atoms with Crippen molar-refractivity contribution in [3.05, 3.63) is 47.2 Å². The van der Waals surface area contributed by atoms with Gasteiger partial charge in [0, 0.05) is 41.3 Å². The fourth-order valence-corrected chi connectivity index (χ4v) is 5.46. The van der Waals surface area contributed by atoms with Gasteiger partial charge in [0.15, 0.2) is 5.65 Å². The number of pyridine rings is 1. The molecular weight excluding hydrogens is 462 g/mol. The molecule has 0 spiro atoms. The molecule has 0 atom stereocenters. The van der Waals surface area contributed by atoms with Crippen LogP contribution in [0.2, 0.25) is 0 Å². The predicted molar refractivity (Wildman–Crippen MR) is 148 cm³/mol. The van der Waals surface area contributed by atoms with Crippen LogP contribution < -0.4 is 0 Å². The lowest BCUT2D eigenvalue weighted by Crippen LogP contribution is -2.47. The van der Waals surface area contributed by atoms with Gasteiger partial charge >= 0.3 is 0 Å². The summed E-state index contributed by atoms with van der Waals surface area (Å²) in [7, 11) is 2.03. The van der Waals surface area contributed by atoms with Crippen LogP contribution in [-0.4, -0.2) is 73.0 Å². The first kappa shape index (κ1) is 25.4. The number of likely N-dealkylation sites (N-methyl/N-ethyl adjacent to an activating group) is 1. The van der Waals surface area contributed by atoms with E-state index in [-0.39, 0.29) is 11.4 Å². The van der Waals surface area contributed by atoms with Gasteiger partial charge in [-0.2, -0.15) is 4.52 Å². The summed E-state index contributed by atoms with van der Waals surface area (Å²) >= 11 is 0. The molecule has 4 heterocycles. The summed E-state index contributed by atoms with van der Waals surface area (Å²) in [5.41, 5.74) is 7.87. The van der Waals surface area contributed by atoms with E-state index in [4.69, 9.17) is 0 Å². The summed E-state index contributed by atoms with van der Waals surface area (Å²) in [6, 6.07) is 9.02. The van der Waals surface area contributed by atoms with Gasteiger partial charge in [0.25, 0.3) is 0 Å². The van der Waals surface area contributed by atoms with Crippen LogP contribution in [0.4, 0.5) is 0 Å². The summed E-state index contributed by atoms with van der Waals surface area (Å²) in [5, 5.41) is 13.4. The topological polar surface area (TPSA) is 82.4 Å². The third-order valence-electron chi connectivity index (χ3n) is 8.04. The van der Waals surface area contributed by atoms with Crippen LogP contribution in [0.5, 0.6) is 0 Å². The number of carbonyl (C=O) groups excluding carboxylic acids is 1. The van der Waals surface area contributed by atoms with Gasteiger partial charge in [-0.25, -0.2) is 0 Å². The quantitative estimate of drug-likeness (QED) is 0.409. The van der Waals surface area contributed by atoms with Crippen molar-refractivity contribution in [3.8, 4) is 11.3 Å². The smallest absolute Gasteiger partial charge is 0.236 e. The molecule has 0 radical (unpaired) electrons. The van der Waals surface area contributed by atoms with Crippen LogP contribution in [-0.2, 0) is 4.79 Å². The van der Waals surface area contributed by atoms with Crippen molar-refractivity contribution in [2.45, 2.75) is 71.8 Å². The average Bonchev–Trinajstić information content (AvgIpc) is 3.48. The molecule has 5 rings (SSSR count). The minimum atomic E-state index is -0.0104. The number of fused-ring (bicyclic) bond motifs is 2. The second kappa shape index (κ2) is 9.56. The van der Waals surface area contributed by atoms with Crippen LogP contribution in [0.25, 0.3) is 27.8 Å². The number of nitrogens with zero attached hydrogens (tertiary/aromatic N) is 6. The number of carbonyl (C=O) groups is 1. The molecule has 1 amide bonds. The molecule has 0 bridgehead atoms. The molecule has 1 aliphatic rings. The lowest BCUT2D eigenvalue weighted by atomic mass is 9.87. The summed E-state index contributed by atoms with van der Waals surface area (Å²) in [4.78, 5) is 20.7. The molecule has 3 aromatic heterocycles. The zero-order chi connectivity index (χ0) is 26.5. The molecule has 8 heteroatoms. The van der Waals surface area contributed by atoms with Gasteiger partial charge in [-0.1, -0.05) is 19.9 Å². The van der Waals surface area contributed by atoms with E-state index < -0.39 is 0 Å². The lowest BCUT2D eigenvalue weighted by molar-refractivity contribution is -0.134. The van der Waals surface area contributed by atoms with Crippen LogP contribution in [0.3, 0.4) is 0 Å². The number of amides is 1. The summed E-state index contributed by atoms with van der Waals surface area (Å²) in [5.74, 6) is 1.05. The Hall–Kier alpha value is -3.26. The minimum absolute atomic E-state index is 0.0104. The van der Waals surface area contributed by atoms with Gasteiger partial charge in [-0.15, -0.1) is 5.10 Å². The normalized spacial score (nSPS) is 15.5. The molecular formula is C29H39N7O. The van der Waals surface area contributed by atoms with E-state index in [0.29, 0.717) is 18.4 Å². The van der Waals surface area contributed by atoms with E-state index >= 15 is 0 Å². The molecule has 0 unspecified atom stereocenters. The first-order valence-electron chi connectivity index (χ1n) is 13.4. The first-order chi connectivity index (χ1) is 17.5. The van der Waals surface area contributed by atoms with E-state index in [1.807, 2.05) is 25.1 Å². The molecule has 1 N–H and O–H groups in total. The van der Waals surface area contributed by atoms with Gasteiger partial charge in [0.05, 0.1) is 12.2 Å². The number of nitrogens with one attached hydrogen (secondary N) is 1. The van der Waals surface area contributed by atoms with Crippen LogP contribution in [0.1, 0.15) is 76.0 Å². The molecule has 8 nitrogen and oxygen atoms in total. The highest BCUT2D eigenvalue weighted by Gasteiger charge is 2.27. The zero-order valence-electron chi connectivity index (χ0n) is 23.2. The standard InChI is InChI=1S/C29H39N7O/c1-18(2)26-23-15-21(20-10-12-35(13-11-20)25(37)17-34(7)29(4,5)6)8-9-24(23)30-27(26)22-14-19(3)28-31-32-33-36(28)16-22/h8-9,14-16,18,20,30H,10-13,17H2,1-7H3. The van der Waals surface area contributed by atoms with E-state index in [2.05, 4.69) is 84.3 Å². The number of tetrazole rings is 1. The summed E-state index contributed by atoms with van der Waals surface area (Å²) < 4.78 is 1.75. The van der Waals surface area contributed by atoms with Gasteiger partial charge in [0.1, 0.15) is 0 Å². The molecule has 0 saturated carbocycles. The monoisotopic (exact) mass is 501 g/mol.